The van der Waals surface area contributed by atoms with E-state index in [-0.39, 0.29) is 21.1 Å². The van der Waals surface area contributed by atoms with Crippen molar-refractivity contribution in [2.75, 3.05) is 6.38 Å². The van der Waals surface area contributed by atoms with E-state index in [9.17, 15) is 37.8 Å². The molecule has 0 saturated carbocycles. The predicted octanol–water partition coefficient (Wildman–Crippen LogP) is -1.07. The summed E-state index contributed by atoms with van der Waals surface area (Å²) >= 11 is 4.64. The van der Waals surface area contributed by atoms with E-state index in [2.05, 4.69) is 20.2 Å². The van der Waals surface area contributed by atoms with Crippen LogP contribution in [-0.2, 0) is 47.9 Å². The van der Waals surface area contributed by atoms with E-state index in [1.54, 1.807) is 0 Å². The fourth-order valence-corrected chi connectivity index (χ4v) is 0.980. The standard InChI is InChI=1S/CH3Cl.2O5P2.W/c1-2;2*1-6(2)5-7(3)4;/h1H3;;;. The predicted molar refractivity (Wildman–Crippen MR) is 44.4 cm³/mol. The summed E-state index contributed by atoms with van der Waals surface area (Å²) < 4.78 is 43.3. The van der Waals surface area contributed by atoms with Gasteiger partial charge in [0.25, 0.3) is 0 Å². The van der Waals surface area contributed by atoms with E-state index in [0.717, 1.165) is 0 Å². The minimum atomic E-state index is -3.24. The Morgan fingerprint density at radius 2 is 0.824 bits per heavy atom. The van der Waals surface area contributed by atoms with Crippen LogP contribution < -0.4 is 19.6 Å². The van der Waals surface area contributed by atoms with Crippen LogP contribution in [0.15, 0.2) is 0 Å². The summed E-state index contributed by atoms with van der Waals surface area (Å²) in [6.45, 7) is 0. The van der Waals surface area contributed by atoms with Gasteiger partial charge in [0.1, 0.15) is 8.62 Å². The minimum absolute atomic E-state index is 0. The number of hydrogen-bond acceptors (Lipinski definition) is 10. The van der Waals surface area contributed by atoms with E-state index in [4.69, 9.17) is 0 Å². The van der Waals surface area contributed by atoms with Crippen molar-refractivity contribution in [3.63, 3.8) is 0 Å². The molecule has 16 heteroatoms. The first kappa shape index (κ1) is 26.7. The third-order valence-corrected chi connectivity index (χ3v) is 2.40. The van der Waals surface area contributed by atoms with Gasteiger partial charge in [0, 0.05) is 27.4 Å². The van der Waals surface area contributed by atoms with Crippen LogP contribution in [-0.4, -0.2) is 6.38 Å². The summed E-state index contributed by atoms with van der Waals surface area (Å²) in [7, 11) is -12.9. The summed E-state index contributed by atoms with van der Waals surface area (Å²) in [6.07, 6.45) is 1.47. The van der Waals surface area contributed by atoms with Crippen LogP contribution in [0.3, 0.4) is 0 Å². The van der Waals surface area contributed by atoms with Crippen molar-refractivity contribution in [3.05, 3.63) is 0 Å². The van der Waals surface area contributed by atoms with Gasteiger partial charge in [-0.2, -0.15) is 0 Å². The van der Waals surface area contributed by atoms with Gasteiger partial charge in [-0.05, 0) is 18.3 Å². The smallest absolute Gasteiger partial charge is 0.543 e. The molecule has 4 unspecified atom stereocenters. The van der Waals surface area contributed by atoms with E-state index < -0.39 is 33.0 Å². The third-order valence-electron chi connectivity index (χ3n) is 0.267. The molecule has 0 radical (unpaired) electrons. The van der Waals surface area contributed by atoms with Gasteiger partial charge >= 0.3 is 33.0 Å². The fourth-order valence-electron chi connectivity index (χ4n) is 0.109. The third kappa shape index (κ3) is 47.0. The molecule has 10 nitrogen and oxygen atoms in total. The second-order valence-corrected chi connectivity index (χ2v) is 4.15. The Bertz CT molecular complexity index is 207. The first-order valence-corrected chi connectivity index (χ1v) is 7.71. The Morgan fingerprint density at radius 1 is 0.706 bits per heavy atom. The minimum Gasteiger partial charge on any atom is -0.563 e. The van der Waals surface area contributed by atoms with Gasteiger partial charge in [0.05, 0.1) is 0 Å². The van der Waals surface area contributed by atoms with Gasteiger partial charge in [-0.1, -0.05) is 0 Å². The molecule has 100 valence electrons. The van der Waals surface area contributed by atoms with Crippen LogP contribution in [0.2, 0.25) is 0 Å². The van der Waals surface area contributed by atoms with Crippen LogP contribution in [0, 0.1) is 0 Å². The largest absolute Gasteiger partial charge is 0.563 e. The average Bonchev–Trinajstić information content (AvgIpc) is 2.03. The molecule has 0 spiro atoms. The Balaban J connectivity index is -0.0000000823. The van der Waals surface area contributed by atoms with Gasteiger partial charge in [-0.25, -0.2) is 0 Å². The molecular formula is CH3ClO10P4W. The zero-order chi connectivity index (χ0) is 13.7. The van der Waals surface area contributed by atoms with Crippen LogP contribution in [0.4, 0.5) is 0 Å². The maximum Gasteiger partial charge on any atom is 0.543 e. The molecular weight excluding hydrogens is 515 g/mol. The zero-order valence-corrected chi connectivity index (χ0v) is 14.9. The van der Waals surface area contributed by atoms with Crippen molar-refractivity contribution < 1.29 is 67.5 Å². The van der Waals surface area contributed by atoms with Gasteiger partial charge in [0.15, 0.2) is 0 Å². The van der Waals surface area contributed by atoms with Crippen LogP contribution in [0.1, 0.15) is 0 Å². The quantitative estimate of drug-likeness (QED) is 0.329. The Hall–Kier alpha value is 1.14. The molecule has 0 saturated heterocycles. The molecule has 0 aromatic carbocycles. The normalized spacial score (nSPS) is 11.4. The summed E-state index contributed by atoms with van der Waals surface area (Å²) in [4.78, 5) is 37.0. The van der Waals surface area contributed by atoms with Crippen molar-refractivity contribution >= 4 is 44.6 Å². The summed E-state index contributed by atoms with van der Waals surface area (Å²) in [5, 5.41) is 0. The molecule has 4 atom stereocenters. The topological polar surface area (TPSA) is 179 Å². The summed E-state index contributed by atoms with van der Waals surface area (Å²) in [5.74, 6) is 0. The number of halogens is 1. The molecule has 17 heavy (non-hydrogen) atoms. The molecule has 0 aromatic heterocycles. The van der Waals surface area contributed by atoms with Crippen LogP contribution >= 0.6 is 44.6 Å². The van der Waals surface area contributed by atoms with E-state index >= 15 is 0 Å². The van der Waals surface area contributed by atoms with E-state index in [1.165, 1.54) is 6.38 Å². The molecule has 0 heterocycles. The molecule has 0 aliphatic heterocycles. The molecule has 0 bridgehead atoms. The zero-order valence-electron chi connectivity index (χ0n) is 7.66. The Labute approximate surface area is 118 Å². The first-order chi connectivity index (χ1) is 7.25. The molecule has 0 aliphatic carbocycles. The van der Waals surface area contributed by atoms with Crippen molar-refractivity contribution in [2.45, 2.75) is 0 Å². The number of alkyl halides is 1. The van der Waals surface area contributed by atoms with Gasteiger partial charge in [-0.3, -0.25) is 0 Å². The molecule has 0 aromatic rings. The molecule has 0 amide bonds. The number of rotatable bonds is 4. The first-order valence-electron chi connectivity index (χ1n) is 2.57. The van der Waals surface area contributed by atoms with Gasteiger partial charge in [0.2, 0.25) is 0 Å². The maximum atomic E-state index is 9.24. The van der Waals surface area contributed by atoms with E-state index in [1.807, 2.05) is 0 Å². The molecule has 0 N–H and O–H groups in total. The van der Waals surface area contributed by atoms with Crippen molar-refractivity contribution in [2.24, 2.45) is 0 Å². The fraction of sp³-hybridized carbons (Fsp3) is 1.00. The molecule has 0 rings (SSSR count). The van der Waals surface area contributed by atoms with Gasteiger partial charge in [-0.15, -0.1) is 11.6 Å². The second-order valence-electron chi connectivity index (χ2n) is 1.06. The van der Waals surface area contributed by atoms with Crippen molar-refractivity contribution in [3.8, 4) is 0 Å². The monoisotopic (exact) mass is 518 g/mol. The summed E-state index contributed by atoms with van der Waals surface area (Å²) in [5.41, 5.74) is 0. The van der Waals surface area contributed by atoms with Gasteiger partial charge < -0.3 is 19.6 Å². The molecule has 0 fully saturated rings. The Morgan fingerprint density at radius 3 is 0.824 bits per heavy atom. The summed E-state index contributed by atoms with van der Waals surface area (Å²) in [6, 6.07) is 0. The number of hydrogen-bond donors (Lipinski definition) is 0. The molecule has 0 aliphatic rings. The Kier molecular flexibility index (Phi) is 30.5. The average molecular weight is 518 g/mol. The maximum absolute atomic E-state index is 9.24. The SMILES string of the molecule is CCl.O=[P+]([O-])O[P+](=O)[O-].O=[P+]([O-])O[P+](=O)[O-].[W]. The van der Waals surface area contributed by atoms with E-state index in [0.29, 0.717) is 0 Å². The van der Waals surface area contributed by atoms with Crippen LogP contribution in [0.5, 0.6) is 0 Å². The van der Waals surface area contributed by atoms with Crippen molar-refractivity contribution in [1.82, 2.24) is 0 Å². The van der Waals surface area contributed by atoms with Crippen molar-refractivity contribution in [1.29, 1.82) is 0 Å². The second kappa shape index (κ2) is 19.5. The van der Waals surface area contributed by atoms with Crippen LogP contribution in [0.25, 0.3) is 0 Å².